The van der Waals surface area contributed by atoms with E-state index in [4.69, 9.17) is 9.47 Å². The third-order valence-corrected chi connectivity index (χ3v) is 4.82. The van der Waals surface area contributed by atoms with Gasteiger partial charge in [0.1, 0.15) is 18.3 Å². The lowest BCUT2D eigenvalue weighted by Crippen LogP contribution is -2.39. The van der Waals surface area contributed by atoms with Crippen LogP contribution in [-0.2, 0) is 16.1 Å². The van der Waals surface area contributed by atoms with Crippen LogP contribution in [0.15, 0.2) is 46.1 Å². The van der Waals surface area contributed by atoms with Gasteiger partial charge in [-0.25, -0.2) is 4.79 Å². The fourth-order valence-electron chi connectivity index (χ4n) is 3.24. The van der Waals surface area contributed by atoms with Gasteiger partial charge in [-0.05, 0) is 12.0 Å². The zero-order chi connectivity index (χ0) is 20.3. The molecule has 1 aromatic carbocycles. The lowest BCUT2D eigenvalue weighted by molar-refractivity contribution is -0.0554. The van der Waals surface area contributed by atoms with Gasteiger partial charge >= 0.3 is 5.69 Å². The topological polar surface area (TPSA) is 134 Å². The molecule has 3 rings (SSSR count). The Labute approximate surface area is 160 Å². The zero-order valence-electron chi connectivity index (χ0n) is 15.4. The van der Waals surface area contributed by atoms with Crippen LogP contribution in [0.5, 0.6) is 0 Å². The van der Waals surface area contributed by atoms with Crippen molar-refractivity contribution < 1.29 is 24.8 Å². The van der Waals surface area contributed by atoms with Gasteiger partial charge in [0.25, 0.3) is 5.56 Å². The Hall–Kier alpha value is -2.30. The molecule has 2 heterocycles. The molecule has 1 aliphatic rings. The maximum Gasteiger partial charge on any atom is 0.330 e. The highest BCUT2D eigenvalue weighted by Crippen LogP contribution is 2.28. The van der Waals surface area contributed by atoms with E-state index >= 15 is 0 Å². The van der Waals surface area contributed by atoms with E-state index in [9.17, 15) is 24.9 Å². The first-order valence-electron chi connectivity index (χ1n) is 9.09. The van der Waals surface area contributed by atoms with Gasteiger partial charge in [0.2, 0.25) is 0 Å². The molecular weight excluding hydrogens is 368 g/mol. The van der Waals surface area contributed by atoms with E-state index in [-0.39, 0.29) is 18.3 Å². The minimum atomic E-state index is -1.43. The normalized spacial score (nSPS) is 25.7. The summed E-state index contributed by atoms with van der Waals surface area (Å²) in [6.07, 6.45) is -3.32. The third-order valence-electron chi connectivity index (χ3n) is 4.82. The van der Waals surface area contributed by atoms with Crippen LogP contribution in [0.2, 0.25) is 0 Å². The highest BCUT2D eigenvalue weighted by molar-refractivity contribution is 5.17. The van der Waals surface area contributed by atoms with Crippen molar-refractivity contribution >= 4 is 0 Å². The number of aliphatic hydroxyl groups excluding tert-OH is 3. The Morgan fingerprint density at radius 2 is 1.93 bits per heavy atom. The Morgan fingerprint density at radius 1 is 1.21 bits per heavy atom. The first kappa shape index (κ1) is 20.4. The standard InChI is InChI=1S/C19H24N2O7/c1-2-13(11-6-4-3-5-7-11)27-10-12-8-21(19(26)20-17(12)25)18-16(24)15(23)14(9-22)28-18/h3-8,13-16,18,22-24H,2,9-10H2,1H3,(H,20,25,26)/t13?,14-,15-,16-,18-/m1/s1. The van der Waals surface area contributed by atoms with Crippen LogP contribution in [0, 0.1) is 0 Å². The first-order chi connectivity index (χ1) is 13.5. The van der Waals surface area contributed by atoms with Crippen LogP contribution >= 0.6 is 0 Å². The van der Waals surface area contributed by atoms with E-state index < -0.39 is 42.4 Å². The van der Waals surface area contributed by atoms with E-state index in [1.807, 2.05) is 37.3 Å². The molecule has 9 nitrogen and oxygen atoms in total. The summed E-state index contributed by atoms with van der Waals surface area (Å²) in [4.78, 5) is 26.5. The average molecular weight is 392 g/mol. The number of aliphatic hydroxyl groups is 3. The van der Waals surface area contributed by atoms with Crippen molar-refractivity contribution in [1.82, 2.24) is 9.55 Å². The molecule has 0 spiro atoms. The quantitative estimate of drug-likeness (QED) is 0.513. The number of rotatable bonds is 7. The fourth-order valence-corrected chi connectivity index (χ4v) is 3.24. The van der Waals surface area contributed by atoms with Crippen LogP contribution in [-0.4, -0.2) is 49.8 Å². The second kappa shape index (κ2) is 8.80. The molecule has 1 aliphatic heterocycles. The predicted octanol–water partition coefficient (Wildman–Crippen LogP) is -0.184. The number of ether oxygens (including phenoxy) is 2. The zero-order valence-corrected chi connectivity index (χ0v) is 15.4. The summed E-state index contributed by atoms with van der Waals surface area (Å²) in [5.74, 6) is 0. The summed E-state index contributed by atoms with van der Waals surface area (Å²) >= 11 is 0. The Morgan fingerprint density at radius 3 is 2.54 bits per heavy atom. The first-order valence-corrected chi connectivity index (χ1v) is 9.09. The van der Waals surface area contributed by atoms with E-state index in [0.29, 0.717) is 6.42 Å². The number of hydrogen-bond acceptors (Lipinski definition) is 7. The molecule has 2 aromatic rings. The van der Waals surface area contributed by atoms with Gasteiger partial charge in [-0.3, -0.25) is 14.3 Å². The smallest absolute Gasteiger partial charge is 0.330 e. The lowest BCUT2D eigenvalue weighted by atomic mass is 10.1. The molecule has 0 radical (unpaired) electrons. The molecular formula is C19H24N2O7. The molecule has 1 fully saturated rings. The predicted molar refractivity (Wildman–Crippen MR) is 98.6 cm³/mol. The van der Waals surface area contributed by atoms with Gasteiger partial charge in [-0.1, -0.05) is 37.3 Å². The number of hydrogen-bond donors (Lipinski definition) is 4. The molecule has 9 heteroatoms. The summed E-state index contributed by atoms with van der Waals surface area (Å²) in [6.45, 7) is 1.39. The summed E-state index contributed by atoms with van der Waals surface area (Å²) in [5, 5.41) is 29.2. The molecule has 1 aromatic heterocycles. The molecule has 0 amide bonds. The van der Waals surface area contributed by atoms with Gasteiger partial charge in [0.05, 0.1) is 24.9 Å². The van der Waals surface area contributed by atoms with Gasteiger partial charge < -0.3 is 24.8 Å². The molecule has 0 aliphatic carbocycles. The second-order valence-corrected chi connectivity index (χ2v) is 6.67. The van der Waals surface area contributed by atoms with Gasteiger partial charge in [-0.15, -0.1) is 0 Å². The summed E-state index contributed by atoms with van der Waals surface area (Å²) in [7, 11) is 0. The maximum atomic E-state index is 12.2. The van der Waals surface area contributed by atoms with Crippen LogP contribution in [0.25, 0.3) is 0 Å². The maximum absolute atomic E-state index is 12.2. The molecule has 152 valence electrons. The minimum Gasteiger partial charge on any atom is -0.394 e. The van der Waals surface area contributed by atoms with Gasteiger partial charge in [0, 0.05) is 6.20 Å². The van der Waals surface area contributed by atoms with Gasteiger partial charge in [-0.2, -0.15) is 0 Å². The summed E-state index contributed by atoms with van der Waals surface area (Å²) in [5.41, 5.74) is -0.250. The van der Waals surface area contributed by atoms with Crippen molar-refractivity contribution in [3.05, 3.63) is 68.5 Å². The van der Waals surface area contributed by atoms with Crippen molar-refractivity contribution in [3.63, 3.8) is 0 Å². The van der Waals surface area contributed by atoms with E-state index in [1.54, 1.807) is 0 Å². The minimum absolute atomic E-state index is 0.0577. The van der Waals surface area contributed by atoms with Crippen LogP contribution in [0.4, 0.5) is 0 Å². The van der Waals surface area contributed by atoms with Crippen molar-refractivity contribution in [2.24, 2.45) is 0 Å². The van der Waals surface area contributed by atoms with E-state index in [0.717, 1.165) is 10.1 Å². The highest BCUT2D eigenvalue weighted by atomic mass is 16.6. The van der Waals surface area contributed by atoms with Crippen LogP contribution in [0.3, 0.4) is 0 Å². The summed E-state index contributed by atoms with van der Waals surface area (Å²) in [6, 6.07) is 9.56. The number of aromatic nitrogens is 2. The van der Waals surface area contributed by atoms with Crippen molar-refractivity contribution in [3.8, 4) is 0 Å². The number of aromatic amines is 1. The van der Waals surface area contributed by atoms with E-state index in [1.165, 1.54) is 6.20 Å². The number of nitrogens with one attached hydrogen (secondary N) is 1. The third kappa shape index (κ3) is 4.08. The molecule has 1 unspecified atom stereocenters. The fraction of sp³-hybridized carbons (Fsp3) is 0.474. The molecule has 1 saturated heterocycles. The van der Waals surface area contributed by atoms with Crippen LogP contribution in [0.1, 0.15) is 36.8 Å². The molecule has 4 N–H and O–H groups in total. The van der Waals surface area contributed by atoms with E-state index in [2.05, 4.69) is 4.98 Å². The molecule has 5 atom stereocenters. The lowest BCUT2D eigenvalue weighted by Gasteiger charge is -2.19. The number of H-pyrrole nitrogens is 1. The Kier molecular flexibility index (Phi) is 6.42. The summed E-state index contributed by atoms with van der Waals surface area (Å²) < 4.78 is 12.2. The number of nitrogens with zero attached hydrogens (tertiary/aromatic N) is 1. The Bertz CT molecular complexity index is 895. The monoisotopic (exact) mass is 392 g/mol. The molecule has 0 bridgehead atoms. The average Bonchev–Trinajstić information content (AvgIpc) is 2.99. The molecule has 28 heavy (non-hydrogen) atoms. The second-order valence-electron chi connectivity index (χ2n) is 6.67. The Balaban J connectivity index is 1.82. The SMILES string of the molecule is CCC(OCc1cn([C@@H]2O[C@H](CO)[C@@H](O)[C@H]2O)c(=O)[nH]c1=O)c1ccccc1. The highest BCUT2D eigenvalue weighted by Gasteiger charge is 2.43. The van der Waals surface area contributed by atoms with Crippen LogP contribution < -0.4 is 11.2 Å². The largest absolute Gasteiger partial charge is 0.394 e. The number of benzene rings is 1. The van der Waals surface area contributed by atoms with Crippen molar-refractivity contribution in [2.45, 2.75) is 50.6 Å². The molecule has 0 saturated carbocycles. The van der Waals surface area contributed by atoms with Crippen molar-refractivity contribution in [2.75, 3.05) is 6.61 Å². The van der Waals surface area contributed by atoms with Crippen molar-refractivity contribution in [1.29, 1.82) is 0 Å². The van der Waals surface area contributed by atoms with Gasteiger partial charge in [0.15, 0.2) is 6.23 Å².